The predicted octanol–water partition coefficient (Wildman–Crippen LogP) is 3.39. The van der Waals surface area contributed by atoms with Gasteiger partial charge in [0.25, 0.3) is 6.43 Å². The third-order valence-electron chi connectivity index (χ3n) is 1.68. The van der Waals surface area contributed by atoms with Crippen LogP contribution in [-0.4, -0.2) is 11.5 Å². The van der Waals surface area contributed by atoms with Gasteiger partial charge in [0.15, 0.2) is 0 Å². The molecule has 0 fully saturated rings. The maximum atomic E-state index is 12.2. The van der Waals surface area contributed by atoms with Gasteiger partial charge in [0.05, 0.1) is 11.1 Å². The first-order chi connectivity index (χ1) is 6.43. The molecule has 1 atom stereocenters. The standard InChI is InChI=1S/C8H7Cl2F2NO.ClH/c9-3-1-4(10)6(5(14)2-3)7(13)8(11)12;/h1-2,7-8,14H,13H2;1H/t7-;/m0./s1. The van der Waals surface area contributed by atoms with Gasteiger partial charge in [-0.15, -0.1) is 12.4 Å². The van der Waals surface area contributed by atoms with Crippen molar-refractivity contribution in [1.29, 1.82) is 0 Å². The summed E-state index contributed by atoms with van der Waals surface area (Å²) in [5.41, 5.74) is 4.96. The van der Waals surface area contributed by atoms with E-state index in [0.717, 1.165) is 6.07 Å². The van der Waals surface area contributed by atoms with Gasteiger partial charge in [0.1, 0.15) is 5.75 Å². The molecule has 1 aromatic rings. The van der Waals surface area contributed by atoms with Crippen molar-refractivity contribution in [1.82, 2.24) is 0 Å². The quantitative estimate of drug-likeness (QED) is 0.871. The van der Waals surface area contributed by atoms with E-state index in [1.165, 1.54) is 6.07 Å². The van der Waals surface area contributed by atoms with Gasteiger partial charge >= 0.3 is 0 Å². The average Bonchev–Trinajstić information content (AvgIpc) is 2.01. The van der Waals surface area contributed by atoms with Gasteiger partial charge in [-0.25, -0.2) is 8.78 Å². The molecule has 15 heavy (non-hydrogen) atoms. The second kappa shape index (κ2) is 5.70. The number of benzene rings is 1. The number of hydrogen-bond acceptors (Lipinski definition) is 2. The monoisotopic (exact) mass is 277 g/mol. The van der Waals surface area contributed by atoms with E-state index in [-0.39, 0.29) is 28.0 Å². The fourth-order valence-corrected chi connectivity index (χ4v) is 1.64. The minimum absolute atomic E-state index is 0. The summed E-state index contributed by atoms with van der Waals surface area (Å²) in [5.74, 6) is -0.421. The third kappa shape index (κ3) is 3.34. The summed E-state index contributed by atoms with van der Waals surface area (Å²) in [5, 5.41) is 9.41. The van der Waals surface area contributed by atoms with E-state index in [9.17, 15) is 13.9 Å². The summed E-state index contributed by atoms with van der Waals surface area (Å²) in [7, 11) is 0. The number of aromatic hydroxyl groups is 1. The van der Waals surface area contributed by atoms with Crippen LogP contribution >= 0.6 is 35.6 Å². The van der Waals surface area contributed by atoms with Gasteiger partial charge in [0.2, 0.25) is 0 Å². The zero-order valence-electron chi connectivity index (χ0n) is 7.25. The van der Waals surface area contributed by atoms with Crippen molar-refractivity contribution in [2.45, 2.75) is 12.5 Å². The summed E-state index contributed by atoms with van der Waals surface area (Å²) >= 11 is 11.1. The molecule has 0 aliphatic carbocycles. The number of nitrogens with two attached hydrogens (primary N) is 1. The van der Waals surface area contributed by atoms with E-state index in [4.69, 9.17) is 28.9 Å². The fraction of sp³-hybridized carbons (Fsp3) is 0.250. The Morgan fingerprint density at radius 3 is 2.20 bits per heavy atom. The SMILES string of the molecule is Cl.N[C@@H](c1c(O)cc(Cl)cc1Cl)C(F)F. The van der Waals surface area contributed by atoms with E-state index in [2.05, 4.69) is 0 Å². The zero-order chi connectivity index (χ0) is 10.9. The van der Waals surface area contributed by atoms with Crippen molar-refractivity contribution in [3.05, 3.63) is 27.7 Å². The van der Waals surface area contributed by atoms with Gasteiger partial charge < -0.3 is 10.8 Å². The fourth-order valence-electron chi connectivity index (χ4n) is 1.03. The molecular weight excluding hydrogens is 270 g/mol. The second-order valence-corrected chi connectivity index (χ2v) is 3.52. The highest BCUT2D eigenvalue weighted by molar-refractivity contribution is 6.35. The molecule has 0 aliphatic heterocycles. The summed E-state index contributed by atoms with van der Waals surface area (Å²) in [6, 6.07) is 0.755. The maximum absolute atomic E-state index is 12.2. The van der Waals surface area contributed by atoms with Crippen LogP contribution < -0.4 is 5.73 Å². The molecule has 3 N–H and O–H groups in total. The van der Waals surface area contributed by atoms with Crippen LogP contribution in [0.5, 0.6) is 5.75 Å². The molecule has 0 unspecified atom stereocenters. The molecule has 0 saturated heterocycles. The molecule has 0 spiro atoms. The topological polar surface area (TPSA) is 46.2 Å². The van der Waals surface area contributed by atoms with Gasteiger partial charge in [-0.1, -0.05) is 23.2 Å². The highest BCUT2D eigenvalue weighted by Gasteiger charge is 2.23. The van der Waals surface area contributed by atoms with Crippen LogP contribution in [0, 0.1) is 0 Å². The first-order valence-electron chi connectivity index (χ1n) is 3.65. The first kappa shape index (κ1) is 14.7. The van der Waals surface area contributed by atoms with Gasteiger partial charge in [0, 0.05) is 10.6 Å². The van der Waals surface area contributed by atoms with Crippen LogP contribution in [0.25, 0.3) is 0 Å². The van der Waals surface area contributed by atoms with Crippen molar-refractivity contribution in [3.63, 3.8) is 0 Å². The lowest BCUT2D eigenvalue weighted by atomic mass is 10.1. The molecule has 86 valence electrons. The Hall–Kier alpha value is -0.290. The van der Waals surface area contributed by atoms with Crippen LogP contribution in [-0.2, 0) is 0 Å². The van der Waals surface area contributed by atoms with Crippen molar-refractivity contribution in [2.75, 3.05) is 0 Å². The Kier molecular flexibility index (Phi) is 5.59. The Morgan fingerprint density at radius 1 is 1.27 bits per heavy atom. The zero-order valence-corrected chi connectivity index (χ0v) is 9.58. The van der Waals surface area contributed by atoms with Crippen LogP contribution in [0.1, 0.15) is 11.6 Å². The Morgan fingerprint density at radius 2 is 1.80 bits per heavy atom. The van der Waals surface area contributed by atoms with Crippen LogP contribution in [0.15, 0.2) is 12.1 Å². The van der Waals surface area contributed by atoms with Gasteiger partial charge in [-0.3, -0.25) is 0 Å². The number of halogens is 5. The predicted molar refractivity (Wildman–Crippen MR) is 58.3 cm³/mol. The van der Waals surface area contributed by atoms with E-state index in [1.807, 2.05) is 0 Å². The molecule has 1 aromatic carbocycles. The minimum atomic E-state index is -2.79. The Balaban J connectivity index is 0.00000196. The van der Waals surface area contributed by atoms with Crippen molar-refractivity contribution < 1.29 is 13.9 Å². The van der Waals surface area contributed by atoms with Crippen molar-refractivity contribution >= 4 is 35.6 Å². The molecular formula is C8H8Cl3F2NO. The maximum Gasteiger partial charge on any atom is 0.257 e. The van der Waals surface area contributed by atoms with Gasteiger partial charge in [-0.2, -0.15) is 0 Å². The second-order valence-electron chi connectivity index (χ2n) is 2.68. The molecule has 0 heterocycles. The molecule has 0 bridgehead atoms. The average molecular weight is 279 g/mol. The lowest BCUT2D eigenvalue weighted by Crippen LogP contribution is -2.19. The number of alkyl halides is 2. The summed E-state index contributed by atoms with van der Waals surface area (Å²) < 4.78 is 24.5. The lowest BCUT2D eigenvalue weighted by Gasteiger charge is -2.14. The van der Waals surface area contributed by atoms with Crippen molar-refractivity contribution in [3.8, 4) is 5.75 Å². The lowest BCUT2D eigenvalue weighted by molar-refractivity contribution is 0.115. The molecule has 0 amide bonds. The highest BCUT2D eigenvalue weighted by Crippen LogP contribution is 2.35. The van der Waals surface area contributed by atoms with E-state index in [1.54, 1.807) is 0 Å². The normalized spacial score (nSPS) is 12.4. The smallest absolute Gasteiger partial charge is 0.257 e. The van der Waals surface area contributed by atoms with Crippen molar-refractivity contribution in [2.24, 2.45) is 5.73 Å². The van der Waals surface area contributed by atoms with Crippen LogP contribution in [0.2, 0.25) is 10.0 Å². The number of phenolic OH excluding ortho intramolecular Hbond substituents is 1. The third-order valence-corrected chi connectivity index (χ3v) is 2.21. The molecule has 7 heteroatoms. The van der Waals surface area contributed by atoms with Crippen LogP contribution in [0.4, 0.5) is 8.78 Å². The van der Waals surface area contributed by atoms with Gasteiger partial charge in [-0.05, 0) is 12.1 Å². The Bertz CT molecular complexity index is 326. The molecule has 0 aromatic heterocycles. The van der Waals surface area contributed by atoms with E-state index in [0.29, 0.717) is 0 Å². The molecule has 0 aliphatic rings. The summed E-state index contributed by atoms with van der Waals surface area (Å²) in [4.78, 5) is 0. The molecule has 0 radical (unpaired) electrons. The summed E-state index contributed by atoms with van der Waals surface area (Å²) in [6.07, 6.45) is -2.79. The molecule has 0 saturated carbocycles. The van der Waals surface area contributed by atoms with Crippen LogP contribution in [0.3, 0.4) is 0 Å². The Labute approximate surface area is 101 Å². The molecule has 1 rings (SSSR count). The minimum Gasteiger partial charge on any atom is -0.507 e. The number of rotatable bonds is 2. The number of hydrogen-bond donors (Lipinski definition) is 2. The molecule has 2 nitrogen and oxygen atoms in total. The largest absolute Gasteiger partial charge is 0.507 e. The van der Waals surface area contributed by atoms with E-state index >= 15 is 0 Å². The summed E-state index contributed by atoms with van der Waals surface area (Å²) in [6.45, 7) is 0. The first-order valence-corrected chi connectivity index (χ1v) is 4.40. The number of phenols is 1. The van der Waals surface area contributed by atoms with E-state index < -0.39 is 18.2 Å². The highest BCUT2D eigenvalue weighted by atomic mass is 35.5.